The Labute approximate surface area is 105 Å². The number of carbonyl (C=O) groups is 2. The summed E-state index contributed by atoms with van der Waals surface area (Å²) >= 11 is 0. The van der Waals surface area contributed by atoms with Crippen LogP contribution in [0.15, 0.2) is 24.5 Å². The summed E-state index contributed by atoms with van der Waals surface area (Å²) in [4.78, 5) is 28.7. The van der Waals surface area contributed by atoms with E-state index in [9.17, 15) is 9.59 Å². The molecule has 1 N–H and O–H groups in total. The quantitative estimate of drug-likeness (QED) is 0.864. The fourth-order valence-electron chi connectivity index (χ4n) is 2.38. The van der Waals surface area contributed by atoms with Crippen molar-refractivity contribution in [1.82, 2.24) is 9.88 Å². The third-order valence-electron chi connectivity index (χ3n) is 3.38. The summed E-state index contributed by atoms with van der Waals surface area (Å²) in [7, 11) is 0. The van der Waals surface area contributed by atoms with E-state index in [0.717, 1.165) is 12.0 Å². The summed E-state index contributed by atoms with van der Waals surface area (Å²) in [6.07, 6.45) is 4.24. The molecule has 2 heterocycles. The van der Waals surface area contributed by atoms with Crippen LogP contribution in [0.25, 0.3) is 0 Å². The van der Waals surface area contributed by atoms with Gasteiger partial charge in [-0.3, -0.25) is 9.78 Å². The molecule has 5 nitrogen and oxygen atoms in total. The number of amides is 1. The Hall–Kier alpha value is -1.91. The summed E-state index contributed by atoms with van der Waals surface area (Å²) in [5.74, 6) is -1.02. The molecule has 2 unspecified atom stereocenters. The Morgan fingerprint density at radius 1 is 1.44 bits per heavy atom. The molecule has 0 spiro atoms. The number of rotatable bonds is 3. The highest BCUT2D eigenvalue weighted by atomic mass is 16.4. The summed E-state index contributed by atoms with van der Waals surface area (Å²) in [6.45, 7) is 2.40. The van der Waals surface area contributed by atoms with E-state index in [0.29, 0.717) is 6.54 Å². The van der Waals surface area contributed by atoms with Crippen LogP contribution in [0.5, 0.6) is 0 Å². The van der Waals surface area contributed by atoms with Crippen LogP contribution in [0.1, 0.15) is 18.9 Å². The van der Waals surface area contributed by atoms with Crippen molar-refractivity contribution in [2.45, 2.75) is 25.8 Å². The molecule has 0 aromatic carbocycles. The van der Waals surface area contributed by atoms with Crippen molar-refractivity contribution in [3.63, 3.8) is 0 Å². The highest BCUT2D eigenvalue weighted by Crippen LogP contribution is 2.24. The molecule has 0 aliphatic carbocycles. The van der Waals surface area contributed by atoms with Gasteiger partial charge in [0.05, 0.1) is 6.42 Å². The van der Waals surface area contributed by atoms with E-state index < -0.39 is 12.0 Å². The number of carboxylic acids is 1. The van der Waals surface area contributed by atoms with Crippen molar-refractivity contribution < 1.29 is 14.7 Å². The molecule has 1 saturated heterocycles. The van der Waals surface area contributed by atoms with Gasteiger partial charge in [-0.05, 0) is 30.0 Å². The second-order valence-electron chi connectivity index (χ2n) is 4.67. The zero-order chi connectivity index (χ0) is 13.1. The highest BCUT2D eigenvalue weighted by molar-refractivity contribution is 5.85. The van der Waals surface area contributed by atoms with Crippen LogP contribution in [0, 0.1) is 5.92 Å². The molecule has 18 heavy (non-hydrogen) atoms. The fourth-order valence-corrected chi connectivity index (χ4v) is 2.38. The molecule has 0 bridgehead atoms. The maximum absolute atomic E-state index is 12.1. The molecule has 1 aromatic heterocycles. The average molecular weight is 248 g/mol. The van der Waals surface area contributed by atoms with E-state index in [1.165, 1.54) is 4.90 Å². The summed E-state index contributed by atoms with van der Waals surface area (Å²) in [6, 6.07) is 2.86. The molecule has 2 atom stereocenters. The number of aromatic nitrogens is 1. The lowest BCUT2D eigenvalue weighted by atomic mass is 10.0. The van der Waals surface area contributed by atoms with Crippen LogP contribution >= 0.6 is 0 Å². The second-order valence-corrected chi connectivity index (χ2v) is 4.67. The molecule has 96 valence electrons. The number of aliphatic carboxylic acids is 1. The van der Waals surface area contributed by atoms with E-state index in [2.05, 4.69) is 4.98 Å². The van der Waals surface area contributed by atoms with Gasteiger partial charge >= 0.3 is 5.97 Å². The molecule has 1 amide bonds. The van der Waals surface area contributed by atoms with Gasteiger partial charge in [0.1, 0.15) is 6.04 Å². The topological polar surface area (TPSA) is 70.5 Å². The Kier molecular flexibility index (Phi) is 3.60. The summed E-state index contributed by atoms with van der Waals surface area (Å²) < 4.78 is 0. The largest absolute Gasteiger partial charge is 0.480 e. The van der Waals surface area contributed by atoms with E-state index in [4.69, 9.17) is 5.11 Å². The molecule has 1 fully saturated rings. The summed E-state index contributed by atoms with van der Waals surface area (Å²) in [5, 5.41) is 9.17. The van der Waals surface area contributed by atoms with Crippen LogP contribution in [0.4, 0.5) is 0 Å². The van der Waals surface area contributed by atoms with Gasteiger partial charge in [0.15, 0.2) is 0 Å². The Morgan fingerprint density at radius 3 is 2.72 bits per heavy atom. The van der Waals surface area contributed by atoms with Gasteiger partial charge in [0, 0.05) is 18.9 Å². The average Bonchev–Trinajstić information content (AvgIpc) is 2.72. The first-order valence-electron chi connectivity index (χ1n) is 6.01. The SMILES string of the molecule is CC1CCN(C(=O)Cc2ccncc2)C1C(=O)O. The lowest BCUT2D eigenvalue weighted by Crippen LogP contribution is -2.43. The van der Waals surface area contributed by atoms with Crippen molar-refractivity contribution in [2.75, 3.05) is 6.54 Å². The monoisotopic (exact) mass is 248 g/mol. The second kappa shape index (κ2) is 5.16. The lowest BCUT2D eigenvalue weighted by Gasteiger charge is -2.23. The third kappa shape index (κ3) is 2.50. The van der Waals surface area contributed by atoms with Gasteiger partial charge in [-0.15, -0.1) is 0 Å². The van der Waals surface area contributed by atoms with E-state index in [-0.39, 0.29) is 18.2 Å². The minimum atomic E-state index is -0.914. The Morgan fingerprint density at radius 2 is 2.11 bits per heavy atom. The number of pyridine rings is 1. The number of likely N-dealkylation sites (tertiary alicyclic amines) is 1. The van der Waals surface area contributed by atoms with Crippen molar-refractivity contribution >= 4 is 11.9 Å². The first kappa shape index (κ1) is 12.5. The molecular formula is C13H16N2O3. The van der Waals surface area contributed by atoms with Gasteiger partial charge in [-0.1, -0.05) is 6.92 Å². The van der Waals surface area contributed by atoms with E-state index in [1.54, 1.807) is 24.5 Å². The van der Waals surface area contributed by atoms with Gasteiger partial charge in [0.2, 0.25) is 5.91 Å². The van der Waals surface area contributed by atoms with Crippen LogP contribution < -0.4 is 0 Å². The van der Waals surface area contributed by atoms with Crippen LogP contribution in [0.2, 0.25) is 0 Å². The van der Waals surface area contributed by atoms with Gasteiger partial charge in [-0.2, -0.15) is 0 Å². The minimum Gasteiger partial charge on any atom is -0.480 e. The number of carboxylic acid groups (broad SMARTS) is 1. The maximum atomic E-state index is 12.1. The van der Waals surface area contributed by atoms with Gasteiger partial charge in [0.25, 0.3) is 0 Å². The predicted molar refractivity (Wildman–Crippen MR) is 64.9 cm³/mol. The van der Waals surface area contributed by atoms with Gasteiger partial charge in [-0.25, -0.2) is 4.79 Å². The molecule has 1 aromatic rings. The molecule has 0 radical (unpaired) electrons. The van der Waals surface area contributed by atoms with E-state index >= 15 is 0 Å². The Bertz CT molecular complexity index is 447. The smallest absolute Gasteiger partial charge is 0.326 e. The number of carbonyl (C=O) groups excluding carboxylic acids is 1. The molecular weight excluding hydrogens is 232 g/mol. The van der Waals surface area contributed by atoms with Crippen LogP contribution in [0.3, 0.4) is 0 Å². The van der Waals surface area contributed by atoms with Crippen molar-refractivity contribution in [3.05, 3.63) is 30.1 Å². The maximum Gasteiger partial charge on any atom is 0.326 e. The molecule has 1 aliphatic heterocycles. The van der Waals surface area contributed by atoms with Crippen molar-refractivity contribution in [2.24, 2.45) is 5.92 Å². The standard InChI is InChI=1S/C13H16N2O3/c1-9-4-7-15(12(9)13(17)18)11(16)8-10-2-5-14-6-3-10/h2-3,5-6,9,12H,4,7-8H2,1H3,(H,17,18). The van der Waals surface area contributed by atoms with Crippen LogP contribution in [-0.4, -0.2) is 39.5 Å². The first-order valence-corrected chi connectivity index (χ1v) is 6.01. The molecule has 5 heteroatoms. The third-order valence-corrected chi connectivity index (χ3v) is 3.38. The number of hydrogen-bond acceptors (Lipinski definition) is 3. The Balaban J connectivity index is 2.07. The predicted octanol–water partition coefficient (Wildman–Crippen LogP) is 0.946. The normalized spacial score (nSPS) is 23.1. The minimum absolute atomic E-state index is 0.0175. The molecule has 0 saturated carbocycles. The van der Waals surface area contributed by atoms with Gasteiger partial charge < -0.3 is 10.0 Å². The lowest BCUT2D eigenvalue weighted by molar-refractivity contribution is -0.149. The summed E-state index contributed by atoms with van der Waals surface area (Å²) in [5.41, 5.74) is 0.860. The number of nitrogens with zero attached hydrogens (tertiary/aromatic N) is 2. The highest BCUT2D eigenvalue weighted by Gasteiger charge is 2.39. The van der Waals surface area contributed by atoms with Crippen molar-refractivity contribution in [1.29, 1.82) is 0 Å². The van der Waals surface area contributed by atoms with Crippen LogP contribution in [-0.2, 0) is 16.0 Å². The zero-order valence-electron chi connectivity index (χ0n) is 10.2. The van der Waals surface area contributed by atoms with E-state index in [1.807, 2.05) is 6.92 Å². The molecule has 2 rings (SSSR count). The zero-order valence-corrected chi connectivity index (χ0v) is 10.2. The van der Waals surface area contributed by atoms with Crippen molar-refractivity contribution in [3.8, 4) is 0 Å². The molecule has 1 aliphatic rings. The fraction of sp³-hybridized carbons (Fsp3) is 0.462. The number of hydrogen-bond donors (Lipinski definition) is 1. The first-order chi connectivity index (χ1) is 8.59.